The minimum absolute atomic E-state index is 0.124. The molecule has 0 atom stereocenters. The number of carbonyl (C=O) groups is 1. The number of nitrogens with one attached hydrogen (secondary N) is 2. The van der Waals surface area contributed by atoms with Gasteiger partial charge in [0.05, 0.1) is 15.2 Å². The highest BCUT2D eigenvalue weighted by molar-refractivity contribution is 7.22. The van der Waals surface area contributed by atoms with Crippen molar-refractivity contribution in [3.05, 3.63) is 45.5 Å². The predicted molar refractivity (Wildman–Crippen MR) is 127 cm³/mol. The number of thiazole rings is 1. The zero-order chi connectivity index (χ0) is 22.0. The molecule has 0 aliphatic carbocycles. The Balaban J connectivity index is 1.78. The quantitative estimate of drug-likeness (QED) is 0.360. The summed E-state index contributed by atoms with van der Waals surface area (Å²) in [4.78, 5) is 17.2. The molecule has 0 aliphatic rings. The Morgan fingerprint density at radius 1 is 1.17 bits per heavy atom. The molecule has 0 radical (unpaired) electrons. The minimum Gasteiger partial charge on any atom is -0.482 e. The summed E-state index contributed by atoms with van der Waals surface area (Å²) in [6.07, 6.45) is 0. The zero-order valence-corrected chi connectivity index (χ0v) is 19.5. The van der Waals surface area contributed by atoms with Crippen LogP contribution < -0.4 is 15.5 Å². The van der Waals surface area contributed by atoms with Gasteiger partial charge in [-0.2, -0.15) is 5.10 Å². The number of fused-ring (bicyclic) bond motifs is 1. The average Bonchev–Trinajstić information content (AvgIpc) is 3.05. The highest BCUT2D eigenvalue weighted by atomic mass is 35.5. The Hall–Kier alpha value is -2.64. The number of nitrogens with zero attached hydrogens (tertiary/aromatic N) is 2. The second-order valence-corrected chi connectivity index (χ2v) is 8.87. The van der Waals surface area contributed by atoms with Gasteiger partial charge in [0, 0.05) is 11.4 Å². The lowest BCUT2D eigenvalue weighted by molar-refractivity contribution is -0.118. The Labute approximate surface area is 185 Å². The second-order valence-electron chi connectivity index (χ2n) is 7.46. The molecule has 0 saturated carbocycles. The molecule has 6 nitrogen and oxygen atoms in total. The fourth-order valence-electron chi connectivity index (χ4n) is 3.18. The molecule has 1 aromatic heterocycles. The lowest BCUT2D eigenvalue weighted by atomic mass is 10.1. The van der Waals surface area contributed by atoms with E-state index >= 15 is 0 Å². The number of hydrogen-bond acceptors (Lipinski definition) is 6. The van der Waals surface area contributed by atoms with Crippen LogP contribution in [0.2, 0.25) is 5.02 Å². The summed E-state index contributed by atoms with van der Waals surface area (Å²) in [5, 5.41) is 8.39. The average molecular weight is 445 g/mol. The topological polar surface area (TPSA) is 75.6 Å². The maximum Gasteiger partial charge on any atom is 0.262 e. The Morgan fingerprint density at radius 3 is 2.57 bits per heavy atom. The van der Waals surface area contributed by atoms with Gasteiger partial charge in [-0.1, -0.05) is 29.0 Å². The second kappa shape index (κ2) is 9.02. The van der Waals surface area contributed by atoms with Gasteiger partial charge < -0.3 is 10.1 Å². The molecule has 3 rings (SSSR count). The Bertz CT molecular complexity index is 1130. The SMILES string of the molecule is CC(C)=NNc1nc2cc(C)c(NC(=O)COc3c(C)cc(C)cc3Cl)c(C)c2s1. The van der Waals surface area contributed by atoms with Crippen molar-refractivity contribution in [2.75, 3.05) is 17.3 Å². The van der Waals surface area contributed by atoms with Crippen molar-refractivity contribution in [3.63, 3.8) is 0 Å². The van der Waals surface area contributed by atoms with Gasteiger partial charge >= 0.3 is 0 Å². The van der Waals surface area contributed by atoms with Gasteiger partial charge in [-0.25, -0.2) is 4.98 Å². The normalized spacial score (nSPS) is 10.8. The zero-order valence-electron chi connectivity index (χ0n) is 17.9. The molecule has 0 aliphatic heterocycles. The van der Waals surface area contributed by atoms with Crippen LogP contribution in [0.15, 0.2) is 23.3 Å². The number of aryl methyl sites for hydroxylation is 4. The molecule has 2 N–H and O–H groups in total. The first-order valence-corrected chi connectivity index (χ1v) is 10.7. The maximum absolute atomic E-state index is 12.6. The summed E-state index contributed by atoms with van der Waals surface area (Å²) < 4.78 is 6.70. The van der Waals surface area contributed by atoms with Gasteiger partial charge in [0.15, 0.2) is 6.61 Å². The van der Waals surface area contributed by atoms with Gasteiger partial charge in [0.2, 0.25) is 5.13 Å². The van der Waals surface area contributed by atoms with E-state index in [2.05, 4.69) is 20.8 Å². The van der Waals surface area contributed by atoms with Crippen LogP contribution in [0.5, 0.6) is 5.75 Å². The summed E-state index contributed by atoms with van der Waals surface area (Å²) in [5.74, 6) is 0.289. The van der Waals surface area contributed by atoms with Crippen molar-refractivity contribution in [3.8, 4) is 5.75 Å². The van der Waals surface area contributed by atoms with E-state index in [0.717, 1.165) is 43.9 Å². The third-order valence-electron chi connectivity index (χ3n) is 4.48. The molecule has 3 aromatic rings. The van der Waals surface area contributed by atoms with Crippen LogP contribution >= 0.6 is 22.9 Å². The molecule has 0 saturated heterocycles. The summed E-state index contributed by atoms with van der Waals surface area (Å²) in [6, 6.07) is 5.76. The van der Waals surface area contributed by atoms with Crippen LogP contribution in [0.25, 0.3) is 10.2 Å². The number of benzene rings is 2. The van der Waals surface area contributed by atoms with E-state index in [-0.39, 0.29) is 12.5 Å². The van der Waals surface area contributed by atoms with E-state index in [9.17, 15) is 4.79 Å². The molecular formula is C22H25ClN4O2S. The van der Waals surface area contributed by atoms with Crippen LogP contribution in [0.1, 0.15) is 36.1 Å². The monoisotopic (exact) mass is 444 g/mol. The van der Waals surface area contributed by atoms with Gasteiger partial charge in [0.25, 0.3) is 5.91 Å². The van der Waals surface area contributed by atoms with Crippen molar-refractivity contribution in [2.24, 2.45) is 5.10 Å². The number of ether oxygens (including phenoxy) is 1. The van der Waals surface area contributed by atoms with Crippen molar-refractivity contribution in [2.45, 2.75) is 41.5 Å². The first-order chi connectivity index (χ1) is 14.2. The van der Waals surface area contributed by atoms with Crippen molar-refractivity contribution in [1.82, 2.24) is 4.98 Å². The van der Waals surface area contributed by atoms with Gasteiger partial charge in [-0.3, -0.25) is 10.2 Å². The number of hydrogen-bond donors (Lipinski definition) is 2. The number of halogens is 1. The molecule has 0 fully saturated rings. The predicted octanol–water partition coefficient (Wildman–Crippen LogP) is 6.01. The lowest BCUT2D eigenvalue weighted by Crippen LogP contribution is -2.21. The molecule has 0 bridgehead atoms. The largest absolute Gasteiger partial charge is 0.482 e. The fraction of sp³-hybridized carbons (Fsp3) is 0.318. The molecule has 0 spiro atoms. The van der Waals surface area contributed by atoms with E-state index in [1.54, 1.807) is 0 Å². The van der Waals surface area contributed by atoms with Crippen molar-refractivity contribution < 1.29 is 9.53 Å². The summed E-state index contributed by atoms with van der Waals surface area (Å²) in [5.41, 5.74) is 9.38. The molecule has 1 heterocycles. The van der Waals surface area contributed by atoms with E-state index < -0.39 is 0 Å². The first-order valence-electron chi connectivity index (χ1n) is 9.52. The smallest absolute Gasteiger partial charge is 0.262 e. The Kier molecular flexibility index (Phi) is 6.63. The van der Waals surface area contributed by atoms with Crippen LogP contribution in [0.4, 0.5) is 10.8 Å². The van der Waals surface area contributed by atoms with Crippen LogP contribution in [0.3, 0.4) is 0 Å². The Morgan fingerprint density at radius 2 is 1.90 bits per heavy atom. The molecule has 8 heteroatoms. The van der Waals surface area contributed by atoms with Crippen LogP contribution in [-0.4, -0.2) is 23.2 Å². The summed E-state index contributed by atoms with van der Waals surface area (Å²) >= 11 is 7.77. The van der Waals surface area contributed by atoms with Gasteiger partial charge in [-0.15, -0.1) is 0 Å². The first kappa shape index (κ1) is 22.1. The van der Waals surface area contributed by atoms with Gasteiger partial charge in [-0.05, 0) is 75.9 Å². The molecule has 0 unspecified atom stereocenters. The van der Waals surface area contributed by atoms with E-state index in [1.165, 1.54) is 11.3 Å². The summed E-state index contributed by atoms with van der Waals surface area (Å²) in [7, 11) is 0. The highest BCUT2D eigenvalue weighted by Crippen LogP contribution is 2.35. The number of anilines is 2. The third-order valence-corrected chi connectivity index (χ3v) is 5.85. The number of hydrazone groups is 1. The van der Waals surface area contributed by atoms with E-state index in [4.69, 9.17) is 16.3 Å². The van der Waals surface area contributed by atoms with Crippen molar-refractivity contribution >= 4 is 55.6 Å². The maximum atomic E-state index is 12.6. The third kappa shape index (κ3) is 4.91. The minimum atomic E-state index is -0.245. The van der Waals surface area contributed by atoms with Crippen molar-refractivity contribution in [1.29, 1.82) is 0 Å². The fourth-order valence-corrected chi connectivity index (χ4v) is 4.45. The lowest BCUT2D eigenvalue weighted by Gasteiger charge is -2.14. The molecule has 158 valence electrons. The molecule has 30 heavy (non-hydrogen) atoms. The van der Waals surface area contributed by atoms with E-state index in [1.807, 2.05) is 59.7 Å². The molecule has 2 aromatic carbocycles. The number of rotatable bonds is 6. The standard InChI is InChI=1S/C22H25ClN4O2S/c1-11(2)26-27-22-24-17-9-13(4)19(15(6)21(17)30-22)25-18(28)10-29-20-14(5)7-12(3)8-16(20)23/h7-9H,10H2,1-6H3,(H,24,27)(H,25,28). The van der Waals surface area contributed by atoms with E-state index in [0.29, 0.717) is 15.9 Å². The number of carbonyl (C=O) groups excluding carboxylic acids is 1. The highest BCUT2D eigenvalue weighted by Gasteiger charge is 2.16. The van der Waals surface area contributed by atoms with Crippen LogP contribution in [0, 0.1) is 27.7 Å². The van der Waals surface area contributed by atoms with Crippen LogP contribution in [-0.2, 0) is 4.79 Å². The summed E-state index contributed by atoms with van der Waals surface area (Å²) in [6.45, 7) is 11.5. The van der Waals surface area contributed by atoms with Gasteiger partial charge in [0.1, 0.15) is 5.75 Å². The number of amides is 1. The molecule has 1 amide bonds. The number of aromatic nitrogens is 1. The molecular weight excluding hydrogens is 420 g/mol.